The van der Waals surface area contributed by atoms with Gasteiger partial charge in [-0.25, -0.2) is 0 Å². The van der Waals surface area contributed by atoms with Gasteiger partial charge in [-0.3, -0.25) is 5.10 Å². The molecule has 0 amide bonds. The van der Waals surface area contributed by atoms with Crippen molar-refractivity contribution in [2.45, 2.75) is 26.3 Å². The van der Waals surface area contributed by atoms with Gasteiger partial charge in [-0.05, 0) is 20.4 Å². The minimum absolute atomic E-state index is 0.105. The monoisotopic (exact) mass is 221 g/mol. The highest BCUT2D eigenvalue weighted by atomic mass is 16.4. The highest BCUT2D eigenvalue weighted by molar-refractivity contribution is 5.53. The van der Waals surface area contributed by atoms with E-state index in [2.05, 4.69) is 32.6 Å². The third-order valence-corrected chi connectivity index (χ3v) is 2.56. The molecule has 0 radical (unpaired) electrons. The first-order valence-electron chi connectivity index (χ1n) is 5.27. The lowest BCUT2D eigenvalue weighted by Crippen LogP contribution is -2.15. The maximum Gasteiger partial charge on any atom is 0.251 e. The molecule has 6 heteroatoms. The van der Waals surface area contributed by atoms with Gasteiger partial charge in [0, 0.05) is 5.69 Å². The Hall–Kier alpha value is -1.69. The fraction of sp³-hybridized carbons (Fsp3) is 0.500. The summed E-state index contributed by atoms with van der Waals surface area (Å²) in [6.45, 7) is 3.98. The van der Waals surface area contributed by atoms with Gasteiger partial charge in [-0.15, -0.1) is 10.2 Å². The van der Waals surface area contributed by atoms with Gasteiger partial charge in [0.05, 0.1) is 17.8 Å². The molecule has 0 saturated heterocycles. The zero-order chi connectivity index (χ0) is 11.5. The summed E-state index contributed by atoms with van der Waals surface area (Å²) in [5, 5.41) is 17.9. The van der Waals surface area contributed by atoms with Crippen LogP contribution in [0, 0.1) is 6.92 Å². The summed E-state index contributed by atoms with van der Waals surface area (Å²) in [7, 11) is 1.88. The van der Waals surface area contributed by atoms with E-state index in [1.54, 1.807) is 6.20 Å². The van der Waals surface area contributed by atoms with Crippen LogP contribution in [0.25, 0.3) is 11.5 Å². The number of H-pyrrole nitrogens is 1. The Morgan fingerprint density at radius 1 is 1.50 bits per heavy atom. The van der Waals surface area contributed by atoms with Crippen LogP contribution in [0.4, 0.5) is 0 Å². The average molecular weight is 221 g/mol. The molecule has 0 spiro atoms. The average Bonchev–Trinajstić information content (AvgIpc) is 2.89. The van der Waals surface area contributed by atoms with Gasteiger partial charge in [0.15, 0.2) is 0 Å². The van der Waals surface area contributed by atoms with Crippen LogP contribution in [0.1, 0.15) is 31.0 Å². The zero-order valence-corrected chi connectivity index (χ0v) is 9.61. The van der Waals surface area contributed by atoms with E-state index in [9.17, 15) is 0 Å². The Morgan fingerprint density at radius 2 is 2.31 bits per heavy atom. The Labute approximate surface area is 93.5 Å². The van der Waals surface area contributed by atoms with Gasteiger partial charge >= 0.3 is 0 Å². The molecular formula is C10H15N5O. The Bertz CT molecular complexity index is 457. The second-order valence-corrected chi connectivity index (χ2v) is 3.60. The standard InChI is InChI=1S/C10H15N5O/c1-4-8(11-3)10-15-14-9(16-10)7-5-12-13-6(7)2/h5,8,11H,4H2,1-3H3,(H,12,13). The highest BCUT2D eigenvalue weighted by Gasteiger charge is 2.17. The lowest BCUT2D eigenvalue weighted by Gasteiger charge is -2.06. The minimum atomic E-state index is 0.105. The zero-order valence-electron chi connectivity index (χ0n) is 9.61. The maximum absolute atomic E-state index is 5.61. The molecule has 16 heavy (non-hydrogen) atoms. The van der Waals surface area contributed by atoms with E-state index < -0.39 is 0 Å². The van der Waals surface area contributed by atoms with Crippen LogP contribution in [0.15, 0.2) is 10.6 Å². The number of nitrogens with zero attached hydrogens (tertiary/aromatic N) is 3. The Kier molecular flexibility index (Phi) is 3.00. The second kappa shape index (κ2) is 4.44. The molecular weight excluding hydrogens is 206 g/mol. The number of hydrogen-bond acceptors (Lipinski definition) is 5. The highest BCUT2D eigenvalue weighted by Crippen LogP contribution is 2.22. The molecule has 0 fully saturated rings. The van der Waals surface area contributed by atoms with E-state index in [0.29, 0.717) is 11.8 Å². The van der Waals surface area contributed by atoms with Crippen LogP contribution in [0.3, 0.4) is 0 Å². The summed E-state index contributed by atoms with van der Waals surface area (Å²) in [5.74, 6) is 1.12. The van der Waals surface area contributed by atoms with E-state index in [-0.39, 0.29) is 6.04 Å². The van der Waals surface area contributed by atoms with Gasteiger partial charge < -0.3 is 9.73 Å². The first-order valence-corrected chi connectivity index (χ1v) is 5.27. The van der Waals surface area contributed by atoms with E-state index >= 15 is 0 Å². The van der Waals surface area contributed by atoms with E-state index in [1.165, 1.54) is 0 Å². The number of aryl methyl sites for hydroxylation is 1. The van der Waals surface area contributed by atoms with Gasteiger partial charge in [-0.1, -0.05) is 6.92 Å². The molecule has 86 valence electrons. The van der Waals surface area contributed by atoms with E-state index in [4.69, 9.17) is 4.42 Å². The summed E-state index contributed by atoms with van der Waals surface area (Å²) >= 11 is 0. The first-order chi connectivity index (χ1) is 7.76. The predicted octanol–water partition coefficient (Wildman–Crippen LogP) is 1.44. The SMILES string of the molecule is CCC(NC)c1nnc(-c2cn[nH]c2C)o1. The van der Waals surface area contributed by atoms with Gasteiger partial charge in [-0.2, -0.15) is 5.10 Å². The van der Waals surface area contributed by atoms with Crippen molar-refractivity contribution in [3.05, 3.63) is 17.8 Å². The van der Waals surface area contributed by atoms with Crippen LogP contribution in [-0.4, -0.2) is 27.4 Å². The van der Waals surface area contributed by atoms with Crippen molar-refractivity contribution < 1.29 is 4.42 Å². The van der Waals surface area contributed by atoms with Crippen molar-refractivity contribution >= 4 is 0 Å². The van der Waals surface area contributed by atoms with Crippen molar-refractivity contribution in [2.24, 2.45) is 0 Å². The number of rotatable bonds is 4. The molecule has 2 aromatic rings. The topological polar surface area (TPSA) is 79.6 Å². The molecule has 0 aromatic carbocycles. The first kappa shape index (κ1) is 10.8. The van der Waals surface area contributed by atoms with Crippen LogP contribution < -0.4 is 5.32 Å². The van der Waals surface area contributed by atoms with Crippen molar-refractivity contribution in [1.29, 1.82) is 0 Å². The third kappa shape index (κ3) is 1.83. The molecule has 2 heterocycles. The number of nitrogens with one attached hydrogen (secondary N) is 2. The molecule has 1 unspecified atom stereocenters. The smallest absolute Gasteiger partial charge is 0.251 e. The van der Waals surface area contributed by atoms with Crippen LogP contribution in [0.2, 0.25) is 0 Å². The summed E-state index contributed by atoms with van der Waals surface area (Å²) in [6, 6.07) is 0.105. The van der Waals surface area contributed by atoms with Crippen molar-refractivity contribution in [1.82, 2.24) is 25.7 Å². The molecule has 0 aliphatic rings. The van der Waals surface area contributed by atoms with Crippen molar-refractivity contribution in [3.63, 3.8) is 0 Å². The predicted molar refractivity (Wildman–Crippen MR) is 58.7 cm³/mol. The molecule has 6 nitrogen and oxygen atoms in total. The minimum Gasteiger partial charge on any atom is -0.419 e. The van der Waals surface area contributed by atoms with E-state index in [0.717, 1.165) is 17.7 Å². The lowest BCUT2D eigenvalue weighted by atomic mass is 10.2. The van der Waals surface area contributed by atoms with Gasteiger partial charge in [0.25, 0.3) is 5.89 Å². The van der Waals surface area contributed by atoms with Crippen molar-refractivity contribution in [2.75, 3.05) is 7.05 Å². The van der Waals surface area contributed by atoms with E-state index in [1.807, 2.05) is 14.0 Å². The van der Waals surface area contributed by atoms with Crippen LogP contribution in [0.5, 0.6) is 0 Å². The van der Waals surface area contributed by atoms with Gasteiger partial charge in [0.1, 0.15) is 0 Å². The third-order valence-electron chi connectivity index (χ3n) is 2.56. The number of aromatic nitrogens is 4. The molecule has 0 aliphatic carbocycles. The Morgan fingerprint density at radius 3 is 2.88 bits per heavy atom. The summed E-state index contributed by atoms with van der Waals surface area (Å²) in [4.78, 5) is 0. The fourth-order valence-electron chi connectivity index (χ4n) is 1.55. The van der Waals surface area contributed by atoms with Gasteiger partial charge in [0.2, 0.25) is 5.89 Å². The number of hydrogen-bond donors (Lipinski definition) is 2. The molecule has 2 N–H and O–H groups in total. The van der Waals surface area contributed by atoms with Crippen molar-refractivity contribution in [3.8, 4) is 11.5 Å². The summed E-state index contributed by atoms with van der Waals surface area (Å²) < 4.78 is 5.61. The molecule has 0 saturated carbocycles. The second-order valence-electron chi connectivity index (χ2n) is 3.60. The summed E-state index contributed by atoms with van der Waals surface area (Å²) in [5.41, 5.74) is 1.78. The number of aromatic amines is 1. The maximum atomic E-state index is 5.61. The quantitative estimate of drug-likeness (QED) is 0.816. The molecule has 2 aromatic heterocycles. The normalized spacial score (nSPS) is 12.9. The van der Waals surface area contributed by atoms with Crippen LogP contribution in [-0.2, 0) is 0 Å². The molecule has 0 bridgehead atoms. The molecule has 1 atom stereocenters. The molecule has 0 aliphatic heterocycles. The summed E-state index contributed by atoms with van der Waals surface area (Å²) in [6.07, 6.45) is 2.59. The largest absolute Gasteiger partial charge is 0.419 e. The fourth-order valence-corrected chi connectivity index (χ4v) is 1.55. The molecule has 2 rings (SSSR count). The lowest BCUT2D eigenvalue weighted by molar-refractivity contribution is 0.415. The van der Waals surface area contributed by atoms with Crippen LogP contribution >= 0.6 is 0 Å². The Balaban J connectivity index is 2.29.